The summed E-state index contributed by atoms with van der Waals surface area (Å²) in [5.74, 6) is 0.407. The summed E-state index contributed by atoms with van der Waals surface area (Å²) in [6, 6.07) is 7.38. The fourth-order valence-electron chi connectivity index (χ4n) is 6.53. The summed E-state index contributed by atoms with van der Waals surface area (Å²) in [5, 5.41) is 4.78. The van der Waals surface area contributed by atoms with Gasteiger partial charge in [-0.25, -0.2) is 4.79 Å². The molecule has 0 spiro atoms. The molecule has 0 saturated carbocycles. The number of hydrogen-bond acceptors (Lipinski definition) is 4. The molecule has 35 heavy (non-hydrogen) atoms. The fraction of sp³-hybridized carbons (Fsp3) is 0.607. The molecule has 2 amide bonds. The lowest BCUT2D eigenvalue weighted by atomic mass is 9.73. The number of hydrogen-bond donors (Lipinski definition) is 2. The van der Waals surface area contributed by atoms with Crippen LogP contribution in [0.3, 0.4) is 0 Å². The number of carbonyl (C=O) groups excluding carboxylic acids is 1. The van der Waals surface area contributed by atoms with Gasteiger partial charge in [-0.1, -0.05) is 18.2 Å². The van der Waals surface area contributed by atoms with Crippen LogP contribution in [0.5, 0.6) is 0 Å². The Hall–Kier alpha value is -2.35. The van der Waals surface area contributed by atoms with E-state index in [1.807, 2.05) is 24.8 Å². The minimum absolute atomic E-state index is 0.0544. The van der Waals surface area contributed by atoms with Crippen molar-refractivity contribution in [2.45, 2.75) is 51.1 Å². The van der Waals surface area contributed by atoms with Gasteiger partial charge in [0.25, 0.3) is 0 Å². The molecule has 1 aromatic carbocycles. The molecule has 3 aliphatic rings. The Balaban J connectivity index is 1.41. The van der Waals surface area contributed by atoms with Crippen LogP contribution >= 0.6 is 0 Å². The first-order valence-electron chi connectivity index (χ1n) is 13.5. The summed E-state index contributed by atoms with van der Waals surface area (Å²) < 4.78 is 5.53. The Morgan fingerprint density at radius 1 is 1.29 bits per heavy atom. The molecule has 2 N–H and O–H groups in total. The molecule has 0 radical (unpaired) electrons. The third-order valence-corrected chi connectivity index (χ3v) is 8.31. The summed E-state index contributed by atoms with van der Waals surface area (Å²) in [6.07, 6.45) is 5.10. The van der Waals surface area contributed by atoms with Crippen molar-refractivity contribution in [2.24, 2.45) is 0 Å². The number of rotatable bonds is 8. The van der Waals surface area contributed by atoms with Gasteiger partial charge in [0.15, 0.2) is 0 Å². The minimum Gasteiger partial charge on any atom is -0.379 e. The SMILES string of the molecule is C=CCN1CC(NC(=O)N(CC)CC)C[C@@H]2c3cccc4[nH]c(CCN5CCOCC5)c(c34)C[C@H]21. The molecule has 2 aliphatic heterocycles. The first-order chi connectivity index (χ1) is 17.1. The molecule has 3 atom stereocenters. The quantitative estimate of drug-likeness (QED) is 0.570. The number of nitrogens with one attached hydrogen (secondary N) is 2. The summed E-state index contributed by atoms with van der Waals surface area (Å²) in [4.78, 5) is 23.6. The highest BCUT2D eigenvalue weighted by atomic mass is 16.5. The van der Waals surface area contributed by atoms with Gasteiger partial charge in [-0.3, -0.25) is 9.80 Å². The Morgan fingerprint density at radius 3 is 2.83 bits per heavy atom. The summed E-state index contributed by atoms with van der Waals surface area (Å²) in [5.41, 5.74) is 5.61. The first-order valence-corrected chi connectivity index (χ1v) is 13.5. The van der Waals surface area contributed by atoms with Gasteiger partial charge in [0.2, 0.25) is 0 Å². The van der Waals surface area contributed by atoms with Gasteiger partial charge in [0, 0.05) is 86.8 Å². The van der Waals surface area contributed by atoms with Crippen molar-refractivity contribution < 1.29 is 9.53 Å². The molecule has 190 valence electrons. The number of amides is 2. The van der Waals surface area contributed by atoms with Crippen molar-refractivity contribution >= 4 is 16.9 Å². The Bertz CT molecular complexity index is 1040. The van der Waals surface area contributed by atoms with Crippen LogP contribution in [0.25, 0.3) is 10.9 Å². The van der Waals surface area contributed by atoms with Gasteiger partial charge >= 0.3 is 6.03 Å². The van der Waals surface area contributed by atoms with E-state index in [4.69, 9.17) is 4.74 Å². The molecule has 2 saturated heterocycles. The predicted octanol–water partition coefficient (Wildman–Crippen LogP) is 3.36. The zero-order chi connectivity index (χ0) is 24.4. The van der Waals surface area contributed by atoms with E-state index in [2.05, 4.69) is 44.9 Å². The minimum atomic E-state index is 0.0544. The third kappa shape index (κ3) is 4.86. The van der Waals surface area contributed by atoms with E-state index >= 15 is 0 Å². The zero-order valence-corrected chi connectivity index (χ0v) is 21.4. The average Bonchev–Trinajstić information content (AvgIpc) is 3.23. The molecule has 2 fully saturated rings. The van der Waals surface area contributed by atoms with Crippen LogP contribution in [0, 0.1) is 0 Å². The fourth-order valence-corrected chi connectivity index (χ4v) is 6.53. The second-order valence-corrected chi connectivity index (χ2v) is 10.2. The standard InChI is InChI=1S/C28H41N5O2/c1-4-11-33-19-20(29-28(34)32(5-2)6-3)17-22-21-8-7-9-25-27(21)23(18-26(22)33)24(30-25)10-12-31-13-15-35-16-14-31/h4,7-9,20,22,26,30H,1,5-6,10-19H2,2-3H3,(H,29,34)/t20?,22-,26-/m1/s1. The molecule has 7 heteroatoms. The lowest BCUT2D eigenvalue weighted by Gasteiger charge is -2.47. The van der Waals surface area contributed by atoms with Crippen molar-refractivity contribution in [2.75, 3.05) is 59.0 Å². The molecule has 1 unspecified atom stereocenters. The Kier molecular flexibility index (Phi) is 7.46. The third-order valence-electron chi connectivity index (χ3n) is 8.31. The van der Waals surface area contributed by atoms with E-state index in [0.29, 0.717) is 12.0 Å². The normalized spacial score (nSPS) is 24.8. The number of urea groups is 1. The number of benzene rings is 1. The first kappa shape index (κ1) is 24.3. The van der Waals surface area contributed by atoms with Gasteiger partial charge in [-0.05, 0) is 43.9 Å². The molecule has 1 aromatic heterocycles. The Labute approximate surface area is 209 Å². The van der Waals surface area contributed by atoms with E-state index in [-0.39, 0.29) is 12.1 Å². The molecular formula is C28H41N5O2. The second-order valence-electron chi connectivity index (χ2n) is 10.2. The average molecular weight is 480 g/mol. The van der Waals surface area contributed by atoms with Gasteiger partial charge in [0.1, 0.15) is 0 Å². The molecule has 0 bridgehead atoms. The van der Waals surface area contributed by atoms with Crippen molar-refractivity contribution in [3.63, 3.8) is 0 Å². The van der Waals surface area contributed by atoms with E-state index in [1.165, 1.54) is 27.7 Å². The van der Waals surface area contributed by atoms with Crippen LogP contribution < -0.4 is 5.32 Å². The number of likely N-dealkylation sites (tertiary alicyclic amines) is 1. The van der Waals surface area contributed by atoms with E-state index in [0.717, 1.165) is 78.3 Å². The van der Waals surface area contributed by atoms with E-state index in [9.17, 15) is 4.79 Å². The van der Waals surface area contributed by atoms with E-state index < -0.39 is 0 Å². The number of fused-ring (bicyclic) bond motifs is 2. The highest BCUT2D eigenvalue weighted by molar-refractivity contribution is 5.89. The topological polar surface area (TPSA) is 63.8 Å². The second kappa shape index (κ2) is 10.7. The van der Waals surface area contributed by atoms with Crippen LogP contribution in [0.15, 0.2) is 30.9 Å². The maximum absolute atomic E-state index is 12.9. The number of carbonyl (C=O) groups is 1. The smallest absolute Gasteiger partial charge is 0.317 e. The number of piperidine rings is 1. The van der Waals surface area contributed by atoms with Gasteiger partial charge < -0.3 is 19.9 Å². The highest BCUT2D eigenvalue weighted by Gasteiger charge is 2.41. The number of morpholine rings is 1. The van der Waals surface area contributed by atoms with Crippen molar-refractivity contribution in [1.82, 2.24) is 25.0 Å². The summed E-state index contributed by atoms with van der Waals surface area (Å²) >= 11 is 0. The van der Waals surface area contributed by atoms with Crippen LogP contribution in [0.1, 0.15) is 43.0 Å². The largest absolute Gasteiger partial charge is 0.379 e. The number of H-pyrrole nitrogens is 1. The zero-order valence-electron chi connectivity index (χ0n) is 21.4. The van der Waals surface area contributed by atoms with E-state index in [1.54, 1.807) is 0 Å². The molecule has 7 nitrogen and oxygen atoms in total. The van der Waals surface area contributed by atoms with Gasteiger partial charge in [-0.15, -0.1) is 6.58 Å². The maximum atomic E-state index is 12.9. The van der Waals surface area contributed by atoms with Gasteiger partial charge in [-0.2, -0.15) is 0 Å². The van der Waals surface area contributed by atoms with Crippen LogP contribution in [-0.4, -0.2) is 96.8 Å². The van der Waals surface area contributed by atoms with Crippen LogP contribution in [0.2, 0.25) is 0 Å². The van der Waals surface area contributed by atoms with Crippen molar-refractivity contribution in [3.05, 3.63) is 47.7 Å². The molecule has 3 heterocycles. The number of aromatic nitrogens is 1. The van der Waals surface area contributed by atoms with Crippen LogP contribution in [-0.2, 0) is 17.6 Å². The number of nitrogens with zero attached hydrogens (tertiary/aromatic N) is 3. The maximum Gasteiger partial charge on any atom is 0.317 e. The Morgan fingerprint density at radius 2 is 2.09 bits per heavy atom. The summed E-state index contributed by atoms with van der Waals surface area (Å²) in [7, 11) is 0. The number of aromatic amines is 1. The molecule has 1 aliphatic carbocycles. The van der Waals surface area contributed by atoms with Gasteiger partial charge in [0.05, 0.1) is 13.2 Å². The lowest BCUT2D eigenvalue weighted by molar-refractivity contribution is 0.0383. The molecule has 5 rings (SSSR count). The highest BCUT2D eigenvalue weighted by Crippen LogP contribution is 2.44. The molecule has 2 aromatic rings. The monoisotopic (exact) mass is 479 g/mol. The van der Waals surface area contributed by atoms with Crippen molar-refractivity contribution in [3.8, 4) is 0 Å². The summed E-state index contributed by atoms with van der Waals surface area (Å²) in [6.45, 7) is 16.1. The lowest BCUT2D eigenvalue weighted by Crippen LogP contribution is -2.57. The van der Waals surface area contributed by atoms with Crippen molar-refractivity contribution in [1.29, 1.82) is 0 Å². The molecular weight excluding hydrogens is 438 g/mol. The predicted molar refractivity (Wildman–Crippen MR) is 141 cm³/mol. The number of ether oxygens (including phenoxy) is 1. The van der Waals surface area contributed by atoms with Crippen LogP contribution in [0.4, 0.5) is 4.79 Å².